The molecule has 1 saturated heterocycles. The number of anilines is 1. The zero-order chi connectivity index (χ0) is 14.0. The van der Waals surface area contributed by atoms with E-state index in [4.69, 9.17) is 5.11 Å². The highest BCUT2D eigenvalue weighted by molar-refractivity contribution is 14.1. The van der Waals surface area contributed by atoms with Crippen LogP contribution in [0.1, 0.15) is 16.8 Å². The van der Waals surface area contributed by atoms with Gasteiger partial charge in [-0.3, -0.25) is 4.79 Å². The van der Waals surface area contributed by atoms with E-state index in [0.717, 1.165) is 3.57 Å². The van der Waals surface area contributed by atoms with E-state index in [9.17, 15) is 14.7 Å². The van der Waals surface area contributed by atoms with Crippen molar-refractivity contribution in [3.63, 3.8) is 0 Å². The number of carboxylic acid groups (broad SMARTS) is 1. The molecule has 0 aromatic heterocycles. The Bertz CT molecular complexity index is 520. The van der Waals surface area contributed by atoms with Gasteiger partial charge in [0.2, 0.25) is 5.91 Å². The average Bonchev–Trinajstić information content (AvgIpc) is 2.78. The Kier molecular flexibility index (Phi) is 4.38. The Hall–Kier alpha value is -1.19. The number of carbonyl (C=O) groups excluding carboxylic acids is 1. The number of nitrogens with one attached hydrogen (secondary N) is 2. The molecule has 4 N–H and O–H groups in total. The Labute approximate surface area is 123 Å². The Balaban J connectivity index is 2.14. The third-order valence-corrected chi connectivity index (χ3v) is 3.57. The van der Waals surface area contributed by atoms with Crippen LogP contribution in [0, 0.1) is 3.57 Å². The Morgan fingerprint density at radius 3 is 2.74 bits per heavy atom. The van der Waals surface area contributed by atoms with E-state index < -0.39 is 18.1 Å². The second-order valence-corrected chi connectivity index (χ2v) is 5.58. The normalized spacial score (nSPS) is 22.2. The molecule has 0 spiro atoms. The molecule has 7 heteroatoms. The summed E-state index contributed by atoms with van der Waals surface area (Å²) in [7, 11) is 0. The summed E-state index contributed by atoms with van der Waals surface area (Å²) in [5.41, 5.74) is 0.319. The number of aromatic carboxylic acids is 1. The standard InChI is InChI=1S/C12H13IN2O4/c13-6-1-2-9(8(3-6)12(18)19)15-11(17)10-4-7(16)5-14-10/h1-3,7,10,14,16H,4-5H2,(H,15,17)(H,18,19). The summed E-state index contributed by atoms with van der Waals surface area (Å²) in [5.74, 6) is -1.42. The van der Waals surface area contributed by atoms with Crippen molar-refractivity contribution in [3.8, 4) is 0 Å². The highest BCUT2D eigenvalue weighted by atomic mass is 127. The van der Waals surface area contributed by atoms with Crippen molar-refractivity contribution in [2.45, 2.75) is 18.6 Å². The minimum Gasteiger partial charge on any atom is -0.478 e. The number of benzene rings is 1. The smallest absolute Gasteiger partial charge is 0.337 e. The lowest BCUT2D eigenvalue weighted by Gasteiger charge is -2.13. The second kappa shape index (κ2) is 5.85. The van der Waals surface area contributed by atoms with Gasteiger partial charge in [0.1, 0.15) is 0 Å². The number of carboxylic acids is 1. The van der Waals surface area contributed by atoms with Crippen molar-refractivity contribution in [1.82, 2.24) is 5.32 Å². The lowest BCUT2D eigenvalue weighted by molar-refractivity contribution is -0.117. The molecule has 0 aliphatic carbocycles. The molecule has 2 unspecified atom stereocenters. The highest BCUT2D eigenvalue weighted by Gasteiger charge is 2.28. The molecule has 0 radical (unpaired) electrons. The number of hydrogen-bond donors (Lipinski definition) is 4. The van der Waals surface area contributed by atoms with Gasteiger partial charge in [0.25, 0.3) is 0 Å². The van der Waals surface area contributed by atoms with Crippen molar-refractivity contribution in [2.24, 2.45) is 0 Å². The predicted molar refractivity (Wildman–Crippen MR) is 77.2 cm³/mol. The number of aliphatic hydroxyl groups is 1. The van der Waals surface area contributed by atoms with Gasteiger partial charge < -0.3 is 20.8 Å². The fourth-order valence-corrected chi connectivity index (χ4v) is 2.43. The Morgan fingerprint density at radius 2 is 2.16 bits per heavy atom. The number of hydrogen-bond acceptors (Lipinski definition) is 4. The molecule has 0 saturated carbocycles. The van der Waals surface area contributed by atoms with Gasteiger partial charge in [0.05, 0.1) is 23.4 Å². The molecule has 6 nitrogen and oxygen atoms in total. The molecule has 1 aliphatic rings. The number of β-amino-alcohol motifs (C(OH)–C–C–N with tert-alkyl or cyclic N) is 1. The fraction of sp³-hybridized carbons (Fsp3) is 0.333. The second-order valence-electron chi connectivity index (χ2n) is 4.33. The molecule has 1 heterocycles. The summed E-state index contributed by atoms with van der Waals surface area (Å²) in [6, 6.07) is 4.29. The summed E-state index contributed by atoms with van der Waals surface area (Å²) in [4.78, 5) is 23.1. The third kappa shape index (κ3) is 3.43. The van der Waals surface area contributed by atoms with E-state index in [-0.39, 0.29) is 17.2 Å². The van der Waals surface area contributed by atoms with Crippen LogP contribution < -0.4 is 10.6 Å². The van der Waals surface area contributed by atoms with E-state index >= 15 is 0 Å². The minimum absolute atomic E-state index is 0.0544. The maximum absolute atomic E-state index is 11.9. The monoisotopic (exact) mass is 376 g/mol. The fourth-order valence-electron chi connectivity index (χ4n) is 1.94. The van der Waals surface area contributed by atoms with Gasteiger partial charge in [0.15, 0.2) is 0 Å². The van der Waals surface area contributed by atoms with Crippen LogP contribution in [0.2, 0.25) is 0 Å². The number of amides is 1. The van der Waals surface area contributed by atoms with Crippen LogP contribution in [-0.4, -0.2) is 40.8 Å². The van der Waals surface area contributed by atoms with Gasteiger partial charge >= 0.3 is 5.97 Å². The lowest BCUT2D eigenvalue weighted by atomic mass is 10.1. The van der Waals surface area contributed by atoms with Gasteiger partial charge in [-0.25, -0.2) is 4.79 Å². The average molecular weight is 376 g/mol. The first-order chi connectivity index (χ1) is 8.97. The summed E-state index contributed by atoms with van der Waals surface area (Å²) in [6.45, 7) is 0.372. The molecule has 1 fully saturated rings. The number of halogens is 1. The van der Waals surface area contributed by atoms with E-state index in [1.165, 1.54) is 6.07 Å². The van der Waals surface area contributed by atoms with Crippen LogP contribution in [0.15, 0.2) is 18.2 Å². The molecular formula is C12H13IN2O4. The molecule has 2 atom stereocenters. The van der Waals surface area contributed by atoms with Crippen LogP contribution in [-0.2, 0) is 4.79 Å². The topological polar surface area (TPSA) is 98.7 Å². The molecule has 1 aliphatic heterocycles. The first-order valence-corrected chi connectivity index (χ1v) is 6.80. The van der Waals surface area contributed by atoms with E-state index in [0.29, 0.717) is 13.0 Å². The lowest BCUT2D eigenvalue weighted by Crippen LogP contribution is -2.35. The third-order valence-electron chi connectivity index (χ3n) is 2.89. The van der Waals surface area contributed by atoms with Gasteiger partial charge in [-0.2, -0.15) is 0 Å². The minimum atomic E-state index is -1.09. The van der Waals surface area contributed by atoms with Crippen LogP contribution >= 0.6 is 22.6 Å². The maximum atomic E-state index is 11.9. The molecule has 2 rings (SSSR count). The summed E-state index contributed by atoms with van der Waals surface area (Å²) in [6.07, 6.45) is -0.204. The van der Waals surface area contributed by atoms with E-state index in [1.54, 1.807) is 12.1 Å². The van der Waals surface area contributed by atoms with E-state index in [2.05, 4.69) is 10.6 Å². The zero-order valence-electron chi connectivity index (χ0n) is 9.89. The predicted octanol–water partition coefficient (Wildman–Crippen LogP) is 0.651. The van der Waals surface area contributed by atoms with E-state index in [1.807, 2.05) is 22.6 Å². The molecule has 1 amide bonds. The summed E-state index contributed by atoms with van der Waals surface area (Å²) < 4.78 is 0.780. The molecule has 19 heavy (non-hydrogen) atoms. The zero-order valence-corrected chi connectivity index (χ0v) is 12.0. The van der Waals surface area contributed by atoms with Gasteiger partial charge in [-0.15, -0.1) is 0 Å². The van der Waals surface area contributed by atoms with Crippen molar-refractivity contribution in [2.75, 3.05) is 11.9 Å². The maximum Gasteiger partial charge on any atom is 0.337 e. The first-order valence-electron chi connectivity index (χ1n) is 5.72. The van der Waals surface area contributed by atoms with Gasteiger partial charge in [-0.1, -0.05) is 0 Å². The SMILES string of the molecule is O=C(O)c1cc(I)ccc1NC(=O)C1CC(O)CN1. The number of carbonyl (C=O) groups is 2. The van der Waals surface area contributed by atoms with Crippen molar-refractivity contribution < 1.29 is 19.8 Å². The molecule has 1 aromatic carbocycles. The first kappa shape index (κ1) is 14.2. The van der Waals surface area contributed by atoms with Crippen LogP contribution in [0.5, 0.6) is 0 Å². The van der Waals surface area contributed by atoms with Crippen LogP contribution in [0.4, 0.5) is 5.69 Å². The largest absolute Gasteiger partial charge is 0.478 e. The molecule has 1 aromatic rings. The quantitative estimate of drug-likeness (QED) is 0.581. The van der Waals surface area contributed by atoms with Gasteiger partial charge in [0, 0.05) is 10.1 Å². The van der Waals surface area contributed by atoms with Crippen molar-refractivity contribution in [1.29, 1.82) is 0 Å². The molecule has 0 bridgehead atoms. The molecule has 102 valence electrons. The summed E-state index contributed by atoms with van der Waals surface area (Å²) >= 11 is 2.01. The van der Waals surface area contributed by atoms with Crippen LogP contribution in [0.3, 0.4) is 0 Å². The van der Waals surface area contributed by atoms with Gasteiger partial charge in [-0.05, 0) is 47.2 Å². The molecular weight excluding hydrogens is 363 g/mol. The van der Waals surface area contributed by atoms with Crippen molar-refractivity contribution >= 4 is 40.2 Å². The number of rotatable bonds is 3. The summed E-state index contributed by atoms with van der Waals surface area (Å²) in [5, 5.41) is 23.9. The highest BCUT2D eigenvalue weighted by Crippen LogP contribution is 2.20. The van der Waals surface area contributed by atoms with Crippen molar-refractivity contribution in [3.05, 3.63) is 27.3 Å². The number of aliphatic hydroxyl groups excluding tert-OH is 1. The Morgan fingerprint density at radius 1 is 1.42 bits per heavy atom. The van der Waals surface area contributed by atoms with Crippen LogP contribution in [0.25, 0.3) is 0 Å².